The Balaban J connectivity index is 1.71. The number of thioether (sulfide) groups is 1. The van der Waals surface area contributed by atoms with Gasteiger partial charge in [0.2, 0.25) is 0 Å². The van der Waals surface area contributed by atoms with Gasteiger partial charge in [0.25, 0.3) is 5.91 Å². The molecule has 0 aliphatic carbocycles. The number of nitrogens with zero attached hydrogens (tertiary/aromatic N) is 2. The summed E-state index contributed by atoms with van der Waals surface area (Å²) in [6.45, 7) is 0.774. The van der Waals surface area contributed by atoms with Crippen LogP contribution in [-0.4, -0.2) is 38.8 Å². The third-order valence-corrected chi connectivity index (χ3v) is 5.28. The van der Waals surface area contributed by atoms with Crippen LogP contribution >= 0.6 is 11.8 Å². The average Bonchev–Trinajstić information content (AvgIpc) is 3.06. The summed E-state index contributed by atoms with van der Waals surface area (Å²) in [5.41, 5.74) is 2.67. The van der Waals surface area contributed by atoms with Gasteiger partial charge < -0.3 is 9.88 Å². The lowest BCUT2D eigenvalue weighted by molar-refractivity contribution is 0.0703. The van der Waals surface area contributed by atoms with E-state index in [2.05, 4.69) is 22.1 Å². The van der Waals surface area contributed by atoms with Crippen molar-refractivity contribution in [2.75, 3.05) is 18.1 Å². The highest BCUT2D eigenvalue weighted by atomic mass is 32.2. The zero-order chi connectivity index (χ0) is 15.6. The number of carbonyl (C=O) groups is 1. The lowest BCUT2D eigenvalue weighted by atomic mass is 10.1. The Morgan fingerprint density at radius 2 is 2.09 bits per heavy atom. The molecule has 1 saturated heterocycles. The smallest absolute Gasteiger partial charge is 0.256 e. The van der Waals surface area contributed by atoms with Gasteiger partial charge in [-0.15, -0.1) is 0 Å². The van der Waals surface area contributed by atoms with E-state index in [1.165, 1.54) is 5.56 Å². The van der Waals surface area contributed by atoms with Crippen molar-refractivity contribution in [3.63, 3.8) is 0 Å². The van der Waals surface area contributed by atoms with Crippen LogP contribution in [0.1, 0.15) is 22.0 Å². The van der Waals surface area contributed by atoms with Crippen LogP contribution < -0.4 is 0 Å². The number of fused-ring (bicyclic) bond motifs is 1. The van der Waals surface area contributed by atoms with Crippen LogP contribution in [-0.2, 0) is 0 Å². The van der Waals surface area contributed by atoms with Gasteiger partial charge in [0, 0.05) is 35.8 Å². The number of rotatable bonds is 2. The van der Waals surface area contributed by atoms with Crippen molar-refractivity contribution in [3.05, 3.63) is 66.0 Å². The lowest BCUT2D eigenvalue weighted by Gasteiger charge is -2.35. The molecule has 1 aromatic carbocycles. The normalized spacial score (nSPS) is 18.3. The highest BCUT2D eigenvalue weighted by molar-refractivity contribution is 7.99. The summed E-state index contributed by atoms with van der Waals surface area (Å²) >= 11 is 1.91. The summed E-state index contributed by atoms with van der Waals surface area (Å²) in [4.78, 5) is 22.5. The second kappa shape index (κ2) is 6.08. The molecule has 3 aromatic rings. The Kier molecular flexibility index (Phi) is 3.79. The number of hydrogen-bond acceptors (Lipinski definition) is 3. The molecule has 4 rings (SSSR count). The van der Waals surface area contributed by atoms with Gasteiger partial charge in [0.15, 0.2) is 0 Å². The number of nitrogens with one attached hydrogen (secondary N) is 1. The van der Waals surface area contributed by atoms with Crippen LogP contribution in [0.25, 0.3) is 11.0 Å². The minimum Gasteiger partial charge on any atom is -0.345 e. The van der Waals surface area contributed by atoms with Crippen molar-refractivity contribution in [1.82, 2.24) is 14.9 Å². The number of aromatic amines is 1. The summed E-state index contributed by atoms with van der Waals surface area (Å²) in [6.07, 6.45) is 3.52. The molecule has 0 spiro atoms. The summed E-state index contributed by atoms with van der Waals surface area (Å²) in [5.74, 6) is 2.00. The van der Waals surface area contributed by atoms with Gasteiger partial charge in [-0.25, -0.2) is 4.98 Å². The maximum Gasteiger partial charge on any atom is 0.256 e. The predicted molar refractivity (Wildman–Crippen MR) is 93.6 cm³/mol. The third kappa shape index (κ3) is 2.61. The van der Waals surface area contributed by atoms with Crippen molar-refractivity contribution >= 4 is 28.7 Å². The van der Waals surface area contributed by atoms with Crippen LogP contribution in [0.15, 0.2) is 54.9 Å². The molecule has 4 nitrogen and oxygen atoms in total. The molecule has 1 aliphatic rings. The topological polar surface area (TPSA) is 49.0 Å². The minimum absolute atomic E-state index is 0.0819. The summed E-state index contributed by atoms with van der Waals surface area (Å²) in [7, 11) is 0. The van der Waals surface area contributed by atoms with Gasteiger partial charge in [-0.1, -0.05) is 30.3 Å². The number of benzene rings is 1. The Hall–Kier alpha value is -2.27. The molecule has 5 heteroatoms. The monoisotopic (exact) mass is 323 g/mol. The quantitative estimate of drug-likeness (QED) is 0.785. The second-order valence-electron chi connectivity index (χ2n) is 5.60. The standard InChI is InChI=1S/C18H17N3OS/c22-18(15-11-20-17-14(15)7-4-8-19-17)21-9-10-23-12-16(21)13-5-2-1-3-6-13/h1-8,11,16H,9-10,12H2,(H,19,20). The third-order valence-electron chi connectivity index (χ3n) is 4.26. The molecule has 1 aliphatic heterocycles. The lowest BCUT2D eigenvalue weighted by Crippen LogP contribution is -2.40. The number of amides is 1. The fraction of sp³-hybridized carbons (Fsp3) is 0.222. The van der Waals surface area contributed by atoms with E-state index < -0.39 is 0 Å². The molecule has 1 amide bonds. The number of hydrogen-bond donors (Lipinski definition) is 1. The predicted octanol–water partition coefficient (Wildman–Crippen LogP) is 3.49. The van der Waals surface area contributed by atoms with Gasteiger partial charge in [-0.2, -0.15) is 11.8 Å². The molecule has 2 aromatic heterocycles. The Bertz CT molecular complexity index is 830. The first-order valence-corrected chi connectivity index (χ1v) is 8.86. The first-order chi connectivity index (χ1) is 11.3. The summed E-state index contributed by atoms with van der Waals surface area (Å²) in [6, 6.07) is 14.2. The highest BCUT2D eigenvalue weighted by Gasteiger charge is 2.30. The molecule has 1 fully saturated rings. The van der Waals surface area contributed by atoms with Crippen molar-refractivity contribution in [2.24, 2.45) is 0 Å². The number of H-pyrrole nitrogens is 1. The SMILES string of the molecule is O=C(c1c[nH]c2ncccc12)N1CCSCC1c1ccccc1. The van der Waals surface area contributed by atoms with Gasteiger partial charge in [-0.05, 0) is 17.7 Å². The van der Waals surface area contributed by atoms with E-state index in [-0.39, 0.29) is 11.9 Å². The first-order valence-electron chi connectivity index (χ1n) is 7.70. The van der Waals surface area contributed by atoms with Crippen LogP contribution in [0.2, 0.25) is 0 Å². The molecule has 1 atom stereocenters. The second-order valence-corrected chi connectivity index (χ2v) is 6.75. The number of aromatic nitrogens is 2. The largest absolute Gasteiger partial charge is 0.345 e. The Labute approximate surface area is 138 Å². The number of pyridine rings is 1. The summed E-state index contributed by atoms with van der Waals surface area (Å²) < 4.78 is 0. The average molecular weight is 323 g/mol. The minimum atomic E-state index is 0.0819. The van der Waals surface area contributed by atoms with Crippen LogP contribution in [0.4, 0.5) is 0 Å². The Morgan fingerprint density at radius 1 is 1.22 bits per heavy atom. The molecule has 3 heterocycles. The summed E-state index contributed by atoms with van der Waals surface area (Å²) in [5, 5.41) is 0.891. The van der Waals surface area contributed by atoms with Crippen molar-refractivity contribution in [3.8, 4) is 0 Å². The Morgan fingerprint density at radius 3 is 2.96 bits per heavy atom. The van der Waals surface area contributed by atoms with Crippen molar-refractivity contribution in [1.29, 1.82) is 0 Å². The van der Waals surface area contributed by atoms with E-state index >= 15 is 0 Å². The molecule has 0 saturated carbocycles. The van der Waals surface area contributed by atoms with E-state index in [1.807, 2.05) is 47.0 Å². The van der Waals surface area contributed by atoms with E-state index in [1.54, 1.807) is 12.4 Å². The van der Waals surface area contributed by atoms with Crippen LogP contribution in [0.3, 0.4) is 0 Å². The van der Waals surface area contributed by atoms with Gasteiger partial charge >= 0.3 is 0 Å². The highest BCUT2D eigenvalue weighted by Crippen LogP contribution is 2.31. The van der Waals surface area contributed by atoms with Crippen molar-refractivity contribution < 1.29 is 4.79 Å². The molecule has 1 N–H and O–H groups in total. The molecule has 1 unspecified atom stereocenters. The first kappa shape index (κ1) is 14.3. The molecular weight excluding hydrogens is 306 g/mol. The van der Waals surface area contributed by atoms with Crippen molar-refractivity contribution in [2.45, 2.75) is 6.04 Å². The maximum absolute atomic E-state index is 13.1. The molecule has 23 heavy (non-hydrogen) atoms. The fourth-order valence-electron chi connectivity index (χ4n) is 3.09. The van der Waals surface area contributed by atoms with E-state index in [4.69, 9.17) is 0 Å². The van der Waals surface area contributed by atoms with Gasteiger partial charge in [0.05, 0.1) is 11.6 Å². The van der Waals surface area contributed by atoms with Gasteiger partial charge in [-0.3, -0.25) is 4.79 Å². The zero-order valence-electron chi connectivity index (χ0n) is 12.6. The zero-order valence-corrected chi connectivity index (χ0v) is 13.4. The molecular formula is C18H17N3OS. The van der Waals surface area contributed by atoms with Crippen LogP contribution in [0.5, 0.6) is 0 Å². The molecule has 116 valence electrons. The number of carbonyl (C=O) groups excluding carboxylic acids is 1. The van der Waals surface area contributed by atoms with E-state index in [0.717, 1.165) is 29.1 Å². The van der Waals surface area contributed by atoms with E-state index in [0.29, 0.717) is 5.56 Å². The molecule has 0 radical (unpaired) electrons. The fourth-order valence-corrected chi connectivity index (χ4v) is 4.17. The maximum atomic E-state index is 13.1. The van der Waals surface area contributed by atoms with Gasteiger partial charge in [0.1, 0.15) is 5.65 Å². The van der Waals surface area contributed by atoms with E-state index in [9.17, 15) is 4.79 Å². The molecule has 0 bridgehead atoms. The van der Waals surface area contributed by atoms with Crippen LogP contribution in [0, 0.1) is 0 Å².